The van der Waals surface area contributed by atoms with Crippen LogP contribution in [0.5, 0.6) is 0 Å². The number of aryl methyl sites for hydroxylation is 1. The lowest BCUT2D eigenvalue weighted by Crippen LogP contribution is -2.42. The molecule has 0 saturated carbocycles. The van der Waals surface area contributed by atoms with Crippen LogP contribution in [0.2, 0.25) is 0 Å². The molecule has 0 aliphatic heterocycles. The summed E-state index contributed by atoms with van der Waals surface area (Å²) in [5.41, 5.74) is 1.86. The number of ether oxygens (including phenoxy) is 2. The van der Waals surface area contributed by atoms with Crippen molar-refractivity contribution in [1.29, 1.82) is 0 Å². The molecule has 0 saturated heterocycles. The molecule has 1 aromatic heterocycles. The van der Waals surface area contributed by atoms with Crippen LogP contribution in [-0.2, 0) is 9.47 Å². The zero-order chi connectivity index (χ0) is 20.0. The summed E-state index contributed by atoms with van der Waals surface area (Å²) in [5, 5.41) is 20.2. The monoisotopic (exact) mass is 377 g/mol. The van der Waals surface area contributed by atoms with Gasteiger partial charge in [-0.1, -0.05) is 23.8 Å². The molecule has 2 unspecified atom stereocenters. The summed E-state index contributed by atoms with van der Waals surface area (Å²) in [6, 6.07) is 7.74. The van der Waals surface area contributed by atoms with Gasteiger partial charge in [0.15, 0.2) is 5.82 Å². The van der Waals surface area contributed by atoms with Crippen LogP contribution in [0, 0.1) is 6.92 Å². The first-order chi connectivity index (χ1) is 12.9. The lowest BCUT2D eigenvalue weighted by molar-refractivity contribution is 0.102. The van der Waals surface area contributed by atoms with Crippen molar-refractivity contribution in [3.05, 3.63) is 29.8 Å². The minimum absolute atomic E-state index is 0.152. The Morgan fingerprint density at radius 1 is 0.963 bits per heavy atom. The van der Waals surface area contributed by atoms with Crippen molar-refractivity contribution in [2.75, 3.05) is 37.5 Å². The van der Waals surface area contributed by atoms with E-state index in [1.807, 2.05) is 31.2 Å². The number of methoxy groups -OCH3 is 2. The van der Waals surface area contributed by atoms with Gasteiger partial charge >= 0.3 is 0 Å². The summed E-state index contributed by atoms with van der Waals surface area (Å²) in [6.45, 7) is 5.45. The first-order valence-electron chi connectivity index (χ1n) is 8.57. The molecule has 2 rings (SSSR count). The van der Waals surface area contributed by atoms with Gasteiger partial charge in [0, 0.05) is 19.8 Å². The Morgan fingerprint density at radius 3 is 2.07 bits per heavy atom. The maximum Gasteiger partial charge on any atom is 0.234 e. The van der Waals surface area contributed by atoms with Crippen molar-refractivity contribution in [2.45, 2.75) is 33.2 Å². The number of nitrogens with zero attached hydrogens (tertiary/aromatic N) is 5. The van der Waals surface area contributed by atoms with E-state index in [0.717, 1.165) is 11.1 Å². The highest BCUT2D eigenvalue weighted by molar-refractivity contribution is 5.59. The maximum atomic E-state index is 10.1. The second-order valence-corrected chi connectivity index (χ2v) is 6.17. The Balaban J connectivity index is 2.62. The number of rotatable bonds is 9. The minimum Gasteiger partial charge on any atom is -0.374 e. The normalized spacial score (nSPS) is 13.3. The maximum absolute atomic E-state index is 10.1. The lowest BCUT2D eigenvalue weighted by atomic mass is 10.1. The predicted molar refractivity (Wildman–Crippen MR) is 102 cm³/mol. The number of aliphatic hydroxyl groups excluding tert-OH is 2. The predicted octanol–water partition coefficient (Wildman–Crippen LogP) is 1.34. The van der Waals surface area contributed by atoms with Gasteiger partial charge in [-0.3, -0.25) is 9.80 Å². The van der Waals surface area contributed by atoms with Crippen LogP contribution in [0.3, 0.4) is 0 Å². The van der Waals surface area contributed by atoms with Crippen LogP contribution in [-0.4, -0.2) is 65.3 Å². The fourth-order valence-electron chi connectivity index (χ4n) is 2.63. The quantitative estimate of drug-likeness (QED) is 0.627. The fourth-order valence-corrected chi connectivity index (χ4v) is 2.63. The molecule has 2 atom stereocenters. The van der Waals surface area contributed by atoms with E-state index in [4.69, 9.17) is 9.47 Å². The standard InChI is InChI=1S/C18H27N5O4/c1-12-7-6-8-15(9-12)16-19-17(22(10-26-4)11-27-5)21-18(20-16)23(13(2)24)14(3)25/h6-9,13-14,24-25H,10-11H2,1-5H3. The topological polar surface area (TPSA) is 104 Å². The summed E-state index contributed by atoms with van der Waals surface area (Å²) in [7, 11) is 3.12. The van der Waals surface area contributed by atoms with Gasteiger partial charge in [0.1, 0.15) is 25.9 Å². The molecule has 0 spiro atoms. The van der Waals surface area contributed by atoms with E-state index in [-0.39, 0.29) is 19.4 Å². The van der Waals surface area contributed by atoms with Crippen molar-refractivity contribution in [1.82, 2.24) is 15.0 Å². The van der Waals surface area contributed by atoms with Crippen molar-refractivity contribution < 1.29 is 19.7 Å². The third kappa shape index (κ3) is 5.33. The summed E-state index contributed by atoms with van der Waals surface area (Å²) in [6.07, 6.45) is -1.99. The third-order valence-corrected chi connectivity index (χ3v) is 3.78. The van der Waals surface area contributed by atoms with Gasteiger partial charge < -0.3 is 19.7 Å². The zero-order valence-electron chi connectivity index (χ0n) is 16.3. The Labute approximate surface area is 159 Å². The molecule has 27 heavy (non-hydrogen) atoms. The van der Waals surface area contributed by atoms with E-state index in [0.29, 0.717) is 11.8 Å². The first kappa shape index (κ1) is 21.0. The van der Waals surface area contributed by atoms with E-state index < -0.39 is 12.5 Å². The summed E-state index contributed by atoms with van der Waals surface area (Å²) < 4.78 is 10.4. The van der Waals surface area contributed by atoms with Crippen LogP contribution < -0.4 is 9.80 Å². The smallest absolute Gasteiger partial charge is 0.234 e. The molecule has 0 bridgehead atoms. The van der Waals surface area contributed by atoms with Gasteiger partial charge in [-0.05, 0) is 26.8 Å². The number of benzene rings is 1. The second kappa shape index (κ2) is 9.56. The Bertz CT molecular complexity index is 727. The van der Waals surface area contributed by atoms with Crippen LogP contribution in [0.25, 0.3) is 11.4 Å². The molecule has 9 nitrogen and oxygen atoms in total. The Morgan fingerprint density at radius 2 is 1.56 bits per heavy atom. The molecule has 1 heterocycles. The molecule has 0 aliphatic carbocycles. The van der Waals surface area contributed by atoms with Crippen molar-refractivity contribution in [3.63, 3.8) is 0 Å². The molecule has 0 aliphatic rings. The SMILES string of the molecule is COCN(COC)c1nc(-c2cccc(C)c2)nc(N(C(C)O)C(C)O)n1. The molecule has 0 radical (unpaired) electrons. The van der Waals surface area contributed by atoms with Crippen LogP contribution in [0.15, 0.2) is 24.3 Å². The second-order valence-electron chi connectivity index (χ2n) is 6.17. The number of aliphatic hydroxyl groups is 2. The van der Waals surface area contributed by atoms with E-state index in [9.17, 15) is 10.2 Å². The molecular weight excluding hydrogens is 350 g/mol. The fraction of sp³-hybridized carbons (Fsp3) is 0.500. The average molecular weight is 377 g/mol. The zero-order valence-corrected chi connectivity index (χ0v) is 16.3. The highest BCUT2D eigenvalue weighted by atomic mass is 16.5. The molecule has 1 aromatic carbocycles. The number of aromatic nitrogens is 3. The number of hydrogen-bond acceptors (Lipinski definition) is 9. The third-order valence-electron chi connectivity index (χ3n) is 3.78. The molecule has 0 amide bonds. The average Bonchev–Trinajstić information content (AvgIpc) is 2.60. The Hall–Kier alpha value is -2.33. The van der Waals surface area contributed by atoms with Crippen molar-refractivity contribution >= 4 is 11.9 Å². The van der Waals surface area contributed by atoms with Crippen LogP contribution in [0.4, 0.5) is 11.9 Å². The van der Waals surface area contributed by atoms with Crippen molar-refractivity contribution in [2.24, 2.45) is 0 Å². The highest BCUT2D eigenvalue weighted by Crippen LogP contribution is 2.24. The highest BCUT2D eigenvalue weighted by Gasteiger charge is 2.23. The van der Waals surface area contributed by atoms with Gasteiger partial charge in [-0.25, -0.2) is 0 Å². The largest absolute Gasteiger partial charge is 0.374 e. The first-order valence-corrected chi connectivity index (χ1v) is 8.57. The number of hydrogen-bond donors (Lipinski definition) is 2. The molecular formula is C18H27N5O4. The van der Waals surface area contributed by atoms with Gasteiger partial charge in [0.2, 0.25) is 11.9 Å². The van der Waals surface area contributed by atoms with Gasteiger partial charge in [-0.15, -0.1) is 0 Å². The van der Waals surface area contributed by atoms with Crippen molar-refractivity contribution in [3.8, 4) is 11.4 Å². The minimum atomic E-state index is -0.996. The number of anilines is 2. The molecule has 148 valence electrons. The Kier molecular flexibility index (Phi) is 7.43. The molecule has 0 fully saturated rings. The van der Waals surface area contributed by atoms with Gasteiger partial charge in [-0.2, -0.15) is 15.0 Å². The molecule has 2 N–H and O–H groups in total. The van der Waals surface area contributed by atoms with E-state index >= 15 is 0 Å². The van der Waals surface area contributed by atoms with E-state index in [2.05, 4.69) is 15.0 Å². The van der Waals surface area contributed by atoms with Crippen LogP contribution >= 0.6 is 0 Å². The summed E-state index contributed by atoms with van der Waals surface area (Å²) in [4.78, 5) is 16.4. The summed E-state index contributed by atoms with van der Waals surface area (Å²) >= 11 is 0. The molecule has 2 aromatic rings. The van der Waals surface area contributed by atoms with Crippen LogP contribution in [0.1, 0.15) is 19.4 Å². The lowest BCUT2D eigenvalue weighted by Gasteiger charge is -2.29. The summed E-state index contributed by atoms with van der Waals surface area (Å²) in [5.74, 6) is 0.882. The molecule has 9 heteroatoms. The van der Waals surface area contributed by atoms with E-state index in [1.165, 1.54) is 18.7 Å². The van der Waals surface area contributed by atoms with Gasteiger partial charge in [0.05, 0.1) is 0 Å². The van der Waals surface area contributed by atoms with E-state index in [1.54, 1.807) is 19.1 Å². The van der Waals surface area contributed by atoms with Gasteiger partial charge in [0.25, 0.3) is 0 Å².